The second-order valence-corrected chi connectivity index (χ2v) is 7.13. The Kier molecular flexibility index (Phi) is 5.53. The van der Waals surface area contributed by atoms with E-state index in [1.165, 1.54) is 0 Å². The number of hydrogen-bond acceptors (Lipinski definition) is 3. The normalized spacial score (nSPS) is 22.0. The summed E-state index contributed by atoms with van der Waals surface area (Å²) in [6.45, 7) is 3.14. The highest BCUT2D eigenvalue weighted by Gasteiger charge is 2.25. The highest BCUT2D eigenvalue weighted by molar-refractivity contribution is 5.95. The van der Waals surface area contributed by atoms with E-state index in [4.69, 9.17) is 0 Å². The summed E-state index contributed by atoms with van der Waals surface area (Å²) in [5, 5.41) is 12.7. The molecule has 0 aromatic heterocycles. The molecular formula is C20H26N2O3. The van der Waals surface area contributed by atoms with Crippen molar-refractivity contribution in [1.29, 1.82) is 0 Å². The lowest BCUT2D eigenvalue weighted by Crippen LogP contribution is -2.42. The van der Waals surface area contributed by atoms with Crippen molar-refractivity contribution in [2.24, 2.45) is 5.92 Å². The molecule has 2 aliphatic rings. The molecule has 5 nitrogen and oxygen atoms in total. The molecule has 1 heterocycles. The molecule has 1 aromatic carbocycles. The molecule has 25 heavy (non-hydrogen) atoms. The zero-order chi connectivity index (χ0) is 17.8. The van der Waals surface area contributed by atoms with Crippen LogP contribution in [0.2, 0.25) is 0 Å². The Labute approximate surface area is 148 Å². The molecule has 0 spiro atoms. The summed E-state index contributed by atoms with van der Waals surface area (Å²) in [6, 6.07) is 7.61. The van der Waals surface area contributed by atoms with Crippen molar-refractivity contribution in [3.05, 3.63) is 41.5 Å². The SMILES string of the molecule is CC(O)C1CCCN(C(=O)/C=C/c2ccc(C(=O)NC3CC3)cc2)C1. The lowest BCUT2D eigenvalue weighted by Gasteiger charge is -2.33. The maximum absolute atomic E-state index is 12.3. The Bertz CT molecular complexity index is 647. The Morgan fingerprint density at radius 2 is 1.96 bits per heavy atom. The van der Waals surface area contributed by atoms with Crippen LogP contribution in [0.5, 0.6) is 0 Å². The Morgan fingerprint density at radius 1 is 1.24 bits per heavy atom. The van der Waals surface area contributed by atoms with Gasteiger partial charge in [-0.15, -0.1) is 0 Å². The van der Waals surface area contributed by atoms with Crippen LogP contribution in [0.3, 0.4) is 0 Å². The van der Waals surface area contributed by atoms with Crippen molar-refractivity contribution < 1.29 is 14.7 Å². The van der Waals surface area contributed by atoms with Crippen LogP contribution in [0, 0.1) is 5.92 Å². The standard InChI is InChI=1S/C20H26N2O3/c1-14(23)17-3-2-12-22(13-17)19(24)11-6-15-4-7-16(8-5-15)20(25)21-18-9-10-18/h4-8,11,14,17-18,23H,2-3,9-10,12-13H2,1H3,(H,21,25)/b11-6+. The van der Waals surface area contributed by atoms with Crippen LogP contribution < -0.4 is 5.32 Å². The lowest BCUT2D eigenvalue weighted by molar-refractivity contribution is -0.128. The van der Waals surface area contributed by atoms with Crippen molar-refractivity contribution in [3.8, 4) is 0 Å². The van der Waals surface area contributed by atoms with Gasteiger partial charge in [0, 0.05) is 36.7 Å². The van der Waals surface area contributed by atoms with Crippen molar-refractivity contribution in [2.75, 3.05) is 13.1 Å². The van der Waals surface area contributed by atoms with Gasteiger partial charge in [-0.1, -0.05) is 12.1 Å². The fourth-order valence-corrected chi connectivity index (χ4v) is 3.12. The molecule has 1 aliphatic carbocycles. The molecule has 0 bridgehead atoms. The first-order valence-electron chi connectivity index (χ1n) is 9.09. The number of benzene rings is 1. The van der Waals surface area contributed by atoms with Gasteiger partial charge in [-0.05, 0) is 56.4 Å². The van der Waals surface area contributed by atoms with Crippen molar-refractivity contribution in [3.63, 3.8) is 0 Å². The van der Waals surface area contributed by atoms with Crippen LogP contribution in [0.15, 0.2) is 30.3 Å². The van der Waals surface area contributed by atoms with Crippen LogP contribution in [0.25, 0.3) is 6.08 Å². The largest absolute Gasteiger partial charge is 0.393 e. The van der Waals surface area contributed by atoms with E-state index in [2.05, 4.69) is 5.32 Å². The highest BCUT2D eigenvalue weighted by Crippen LogP contribution is 2.21. The van der Waals surface area contributed by atoms with Gasteiger partial charge in [-0.2, -0.15) is 0 Å². The van der Waals surface area contributed by atoms with E-state index in [9.17, 15) is 14.7 Å². The van der Waals surface area contributed by atoms with E-state index >= 15 is 0 Å². The fraction of sp³-hybridized carbons (Fsp3) is 0.500. The van der Waals surface area contributed by atoms with Gasteiger partial charge in [0.2, 0.25) is 5.91 Å². The molecule has 0 radical (unpaired) electrons. The van der Waals surface area contributed by atoms with Gasteiger partial charge in [-0.3, -0.25) is 9.59 Å². The number of carbonyl (C=O) groups is 2. The van der Waals surface area contributed by atoms with Gasteiger partial charge < -0.3 is 15.3 Å². The maximum atomic E-state index is 12.3. The number of nitrogens with one attached hydrogen (secondary N) is 1. The first-order valence-corrected chi connectivity index (χ1v) is 9.09. The third-order valence-electron chi connectivity index (χ3n) is 4.96. The smallest absolute Gasteiger partial charge is 0.251 e. The number of amides is 2. The van der Waals surface area contributed by atoms with Crippen LogP contribution in [-0.2, 0) is 4.79 Å². The number of piperidine rings is 1. The van der Waals surface area contributed by atoms with Crippen molar-refractivity contribution in [2.45, 2.75) is 44.8 Å². The first kappa shape index (κ1) is 17.7. The van der Waals surface area contributed by atoms with Gasteiger partial charge >= 0.3 is 0 Å². The average molecular weight is 342 g/mol. The molecule has 2 amide bonds. The molecule has 2 atom stereocenters. The van der Waals surface area contributed by atoms with Crippen LogP contribution in [0.1, 0.15) is 48.5 Å². The van der Waals surface area contributed by atoms with E-state index in [0.29, 0.717) is 18.2 Å². The van der Waals surface area contributed by atoms with Gasteiger partial charge in [0.15, 0.2) is 0 Å². The van der Waals surface area contributed by atoms with E-state index in [1.54, 1.807) is 36.1 Å². The second kappa shape index (κ2) is 7.83. The quantitative estimate of drug-likeness (QED) is 0.806. The van der Waals surface area contributed by atoms with Gasteiger partial charge in [0.1, 0.15) is 0 Å². The maximum Gasteiger partial charge on any atom is 0.251 e. The summed E-state index contributed by atoms with van der Waals surface area (Å²) in [5.74, 6) is 0.0999. The number of hydrogen-bond donors (Lipinski definition) is 2. The minimum Gasteiger partial charge on any atom is -0.393 e. The molecule has 2 fully saturated rings. The van der Waals surface area contributed by atoms with Crippen molar-refractivity contribution >= 4 is 17.9 Å². The third-order valence-corrected chi connectivity index (χ3v) is 4.96. The third kappa shape index (κ3) is 4.92. The summed E-state index contributed by atoms with van der Waals surface area (Å²) < 4.78 is 0. The zero-order valence-corrected chi connectivity index (χ0v) is 14.6. The molecule has 2 unspecified atom stereocenters. The molecule has 134 valence electrons. The van der Waals surface area contributed by atoms with Crippen LogP contribution >= 0.6 is 0 Å². The minimum atomic E-state index is -0.381. The van der Waals surface area contributed by atoms with Crippen LogP contribution in [0.4, 0.5) is 0 Å². The van der Waals surface area contributed by atoms with Gasteiger partial charge in [0.05, 0.1) is 6.10 Å². The molecule has 1 saturated carbocycles. The molecular weight excluding hydrogens is 316 g/mol. The second-order valence-electron chi connectivity index (χ2n) is 7.13. The topological polar surface area (TPSA) is 69.6 Å². The summed E-state index contributed by atoms with van der Waals surface area (Å²) >= 11 is 0. The van der Waals surface area contributed by atoms with Crippen molar-refractivity contribution in [1.82, 2.24) is 10.2 Å². The van der Waals surface area contributed by atoms with E-state index in [1.807, 2.05) is 12.1 Å². The first-order chi connectivity index (χ1) is 12.0. The molecule has 1 aromatic rings. The predicted octanol–water partition coefficient (Wildman–Crippen LogP) is 2.21. The number of aliphatic hydroxyl groups excluding tert-OH is 1. The number of rotatable bonds is 5. The summed E-state index contributed by atoms with van der Waals surface area (Å²) in [6.07, 6.45) is 7.01. The van der Waals surface area contributed by atoms with E-state index in [0.717, 1.165) is 37.8 Å². The van der Waals surface area contributed by atoms with Crippen LogP contribution in [-0.4, -0.2) is 47.1 Å². The number of carbonyl (C=O) groups excluding carboxylic acids is 2. The molecule has 3 rings (SSSR count). The zero-order valence-electron chi connectivity index (χ0n) is 14.6. The molecule has 1 aliphatic heterocycles. The highest BCUT2D eigenvalue weighted by atomic mass is 16.3. The summed E-state index contributed by atoms with van der Waals surface area (Å²) in [7, 11) is 0. The summed E-state index contributed by atoms with van der Waals surface area (Å²) in [4.78, 5) is 26.1. The molecule has 5 heteroatoms. The average Bonchev–Trinajstić information content (AvgIpc) is 3.44. The Balaban J connectivity index is 1.55. The predicted molar refractivity (Wildman–Crippen MR) is 96.9 cm³/mol. The summed E-state index contributed by atoms with van der Waals surface area (Å²) in [5.41, 5.74) is 1.53. The lowest BCUT2D eigenvalue weighted by atomic mass is 9.93. The van der Waals surface area contributed by atoms with E-state index < -0.39 is 0 Å². The number of likely N-dealkylation sites (tertiary alicyclic amines) is 1. The fourth-order valence-electron chi connectivity index (χ4n) is 3.12. The van der Waals surface area contributed by atoms with Gasteiger partial charge in [-0.25, -0.2) is 0 Å². The number of aliphatic hydroxyl groups is 1. The molecule has 2 N–H and O–H groups in total. The Hall–Kier alpha value is -2.14. The minimum absolute atomic E-state index is 0.0269. The number of nitrogens with zero attached hydrogens (tertiary/aromatic N) is 1. The monoisotopic (exact) mass is 342 g/mol. The Morgan fingerprint density at radius 3 is 2.60 bits per heavy atom. The molecule has 1 saturated heterocycles. The van der Waals surface area contributed by atoms with E-state index in [-0.39, 0.29) is 23.8 Å². The van der Waals surface area contributed by atoms with Gasteiger partial charge in [0.25, 0.3) is 5.91 Å².